The van der Waals surface area contributed by atoms with Crippen LogP contribution in [0.3, 0.4) is 0 Å². The first kappa shape index (κ1) is 45.0. The van der Waals surface area contributed by atoms with Gasteiger partial charge in [0.1, 0.15) is 0 Å². The van der Waals surface area contributed by atoms with Crippen molar-refractivity contribution in [3.63, 3.8) is 0 Å². The van der Waals surface area contributed by atoms with Crippen molar-refractivity contribution < 1.29 is 49.5 Å². The minimum atomic E-state index is -0.833. The zero-order chi connectivity index (χ0) is 25.4. The third-order valence-electron chi connectivity index (χ3n) is 0.642. The Labute approximate surface area is 171 Å². The molecule has 0 aliphatic rings. The highest BCUT2D eigenvalue weighted by molar-refractivity contribution is 5.63. The maximum absolute atomic E-state index is 9.00. The van der Waals surface area contributed by atoms with Crippen LogP contribution >= 0.6 is 0 Å². The first-order valence-electron chi connectivity index (χ1n) is 7.66. The molecule has 0 aromatic heterocycles. The van der Waals surface area contributed by atoms with Gasteiger partial charge in [-0.05, 0) is 0 Å². The Bertz CT molecular complexity index is 297. The van der Waals surface area contributed by atoms with E-state index in [0.717, 1.165) is 47.7 Å². The molecule has 0 aliphatic carbocycles. The van der Waals surface area contributed by atoms with Crippen LogP contribution in [0, 0.1) is 0 Å². The van der Waals surface area contributed by atoms with E-state index < -0.39 is 29.8 Å². The molecule has 0 fully saturated rings. The second-order valence-corrected chi connectivity index (χ2v) is 3.92. The lowest BCUT2D eigenvalue weighted by atomic mass is 10.6. The lowest BCUT2D eigenvalue weighted by molar-refractivity contribution is -0.135. The lowest BCUT2D eigenvalue weighted by Gasteiger charge is -1.95. The Balaban J connectivity index is -0.0000000400. The molecule has 0 amide bonds. The van der Waals surface area contributed by atoms with Crippen molar-refractivity contribution in [2.45, 2.75) is 34.6 Å². The summed E-state index contributed by atoms with van der Waals surface area (Å²) < 4.78 is 0. The predicted molar refractivity (Wildman–Crippen MR) is 109 cm³/mol. The van der Waals surface area contributed by atoms with Crippen LogP contribution in [0.4, 0.5) is 0 Å². The van der Waals surface area contributed by atoms with E-state index in [0.29, 0.717) is 13.1 Å². The minimum Gasteiger partial charge on any atom is -0.481 e. The van der Waals surface area contributed by atoms with Crippen LogP contribution in [0.5, 0.6) is 0 Å². The zero-order valence-electron chi connectivity index (χ0n) is 17.7. The Hall–Kier alpha value is -3.03. The van der Waals surface area contributed by atoms with E-state index in [4.69, 9.17) is 61.0 Å². The third-order valence-corrected chi connectivity index (χ3v) is 0.642. The molecule has 0 heterocycles. The SMILES string of the molecule is C=C.CC(=O)O.CC(=O)O.CC(=O)O.CC(=O)O.CC(=O)O.NCCNCCN. The van der Waals surface area contributed by atoms with Crippen molar-refractivity contribution in [2.75, 3.05) is 26.2 Å². The lowest BCUT2D eigenvalue weighted by Crippen LogP contribution is -2.27. The molecule has 10 N–H and O–H groups in total. The zero-order valence-corrected chi connectivity index (χ0v) is 17.7. The molecule has 13 nitrogen and oxygen atoms in total. The molecule has 0 aliphatic heterocycles. The van der Waals surface area contributed by atoms with Crippen LogP contribution in [-0.4, -0.2) is 81.6 Å². The fourth-order valence-electron chi connectivity index (χ4n) is 0.329. The van der Waals surface area contributed by atoms with Gasteiger partial charge in [-0.25, -0.2) is 0 Å². The van der Waals surface area contributed by atoms with Gasteiger partial charge in [0.15, 0.2) is 0 Å². The van der Waals surface area contributed by atoms with E-state index in [1.165, 1.54) is 0 Å². The molecule has 0 bridgehead atoms. The normalized spacial score (nSPS) is 6.72. The van der Waals surface area contributed by atoms with Crippen LogP contribution < -0.4 is 16.8 Å². The van der Waals surface area contributed by atoms with Crippen molar-refractivity contribution in [3.8, 4) is 0 Å². The number of nitrogens with two attached hydrogens (primary N) is 2. The average Bonchev–Trinajstić information content (AvgIpc) is 2.47. The van der Waals surface area contributed by atoms with Crippen molar-refractivity contribution in [2.24, 2.45) is 11.5 Å². The molecule has 176 valence electrons. The monoisotopic (exact) mass is 431 g/mol. The number of hydrogen-bond donors (Lipinski definition) is 8. The van der Waals surface area contributed by atoms with E-state index in [9.17, 15) is 0 Å². The van der Waals surface area contributed by atoms with Gasteiger partial charge < -0.3 is 42.3 Å². The highest BCUT2D eigenvalue weighted by atomic mass is 16.4. The topological polar surface area (TPSA) is 251 Å². The number of hydrogen-bond acceptors (Lipinski definition) is 8. The summed E-state index contributed by atoms with van der Waals surface area (Å²) in [6, 6.07) is 0. The molecule has 0 spiro atoms. The number of aliphatic carboxylic acids is 5. The smallest absolute Gasteiger partial charge is 0.300 e. The summed E-state index contributed by atoms with van der Waals surface area (Å²) in [6.07, 6.45) is 0. The van der Waals surface area contributed by atoms with Crippen LogP contribution in [-0.2, 0) is 24.0 Å². The highest BCUT2D eigenvalue weighted by Crippen LogP contribution is 1.49. The minimum absolute atomic E-state index is 0.694. The largest absolute Gasteiger partial charge is 0.481 e. The number of rotatable bonds is 4. The van der Waals surface area contributed by atoms with Crippen LogP contribution in [0.2, 0.25) is 0 Å². The summed E-state index contributed by atoms with van der Waals surface area (Å²) in [6.45, 7) is 14.6. The van der Waals surface area contributed by atoms with Gasteiger partial charge in [-0.3, -0.25) is 24.0 Å². The molecule has 0 aromatic rings. The third kappa shape index (κ3) is 14000. The molecule has 0 unspecified atom stereocenters. The van der Waals surface area contributed by atoms with E-state index in [1.54, 1.807) is 0 Å². The van der Waals surface area contributed by atoms with Gasteiger partial charge in [0, 0.05) is 60.8 Å². The van der Waals surface area contributed by atoms with E-state index >= 15 is 0 Å². The quantitative estimate of drug-likeness (QED) is 0.211. The van der Waals surface area contributed by atoms with Gasteiger partial charge in [-0.2, -0.15) is 0 Å². The van der Waals surface area contributed by atoms with Crippen LogP contribution in [0.25, 0.3) is 0 Å². The maximum atomic E-state index is 9.00. The molecular weight excluding hydrogens is 394 g/mol. The van der Waals surface area contributed by atoms with Gasteiger partial charge in [-0.15, -0.1) is 13.2 Å². The van der Waals surface area contributed by atoms with Crippen LogP contribution in [0.15, 0.2) is 13.2 Å². The fraction of sp³-hybridized carbons (Fsp3) is 0.562. The molecule has 0 rings (SSSR count). The number of carbonyl (C=O) groups is 5. The molecule has 0 aromatic carbocycles. The summed E-state index contributed by atoms with van der Waals surface area (Å²) in [5.74, 6) is -4.17. The highest BCUT2D eigenvalue weighted by Gasteiger charge is 1.76. The molecular formula is C16H37N3O10. The standard InChI is InChI=1S/C4H13N3.5C2H4O2.C2H4/c5-1-3-7-4-2-6;5*1-2(3)4;1-2/h7H,1-6H2;5*1H3,(H,3,4);1-2H2. The fourth-order valence-corrected chi connectivity index (χ4v) is 0.329. The summed E-state index contributed by atoms with van der Waals surface area (Å²) in [5, 5.41) is 40.1. The molecule has 0 atom stereocenters. The Kier molecular flexibility index (Phi) is 77.3. The van der Waals surface area contributed by atoms with Crippen molar-refractivity contribution in [3.05, 3.63) is 13.2 Å². The molecule has 0 radical (unpaired) electrons. The summed E-state index contributed by atoms with van der Waals surface area (Å²) in [4.78, 5) is 45.0. The molecule has 0 saturated heterocycles. The van der Waals surface area contributed by atoms with E-state index in [1.807, 2.05) is 0 Å². The van der Waals surface area contributed by atoms with Crippen LogP contribution in [0.1, 0.15) is 34.6 Å². The van der Waals surface area contributed by atoms with E-state index in [-0.39, 0.29) is 0 Å². The second kappa shape index (κ2) is 49.8. The van der Waals surface area contributed by atoms with Crippen molar-refractivity contribution in [1.82, 2.24) is 5.32 Å². The Morgan fingerprint density at radius 1 is 0.586 bits per heavy atom. The van der Waals surface area contributed by atoms with Gasteiger partial charge in [0.25, 0.3) is 29.8 Å². The summed E-state index contributed by atoms with van der Waals surface area (Å²) >= 11 is 0. The van der Waals surface area contributed by atoms with Gasteiger partial charge in [-0.1, -0.05) is 0 Å². The average molecular weight is 431 g/mol. The van der Waals surface area contributed by atoms with Gasteiger partial charge >= 0.3 is 0 Å². The Morgan fingerprint density at radius 2 is 0.690 bits per heavy atom. The maximum Gasteiger partial charge on any atom is 0.300 e. The molecule has 0 saturated carbocycles. The second-order valence-electron chi connectivity index (χ2n) is 3.92. The van der Waals surface area contributed by atoms with Gasteiger partial charge in [0.2, 0.25) is 0 Å². The molecule has 13 heteroatoms. The first-order valence-corrected chi connectivity index (χ1v) is 7.66. The van der Waals surface area contributed by atoms with Crippen molar-refractivity contribution in [1.29, 1.82) is 0 Å². The van der Waals surface area contributed by atoms with E-state index in [2.05, 4.69) is 18.5 Å². The number of nitrogens with one attached hydrogen (secondary N) is 1. The number of carboxylic acid groups (broad SMARTS) is 5. The summed E-state index contributed by atoms with van der Waals surface area (Å²) in [7, 11) is 0. The first-order chi connectivity index (χ1) is 13.1. The molecule has 29 heavy (non-hydrogen) atoms. The summed E-state index contributed by atoms with van der Waals surface area (Å²) in [5.41, 5.74) is 10.3. The van der Waals surface area contributed by atoms with Gasteiger partial charge in [0.05, 0.1) is 0 Å². The predicted octanol–water partition coefficient (Wildman–Crippen LogP) is -0.250. The van der Waals surface area contributed by atoms with Crippen molar-refractivity contribution >= 4 is 29.8 Å². The Morgan fingerprint density at radius 3 is 0.759 bits per heavy atom. The number of carboxylic acids is 5.